The summed E-state index contributed by atoms with van der Waals surface area (Å²) in [5.74, 6) is -0.834. The van der Waals surface area contributed by atoms with Crippen LogP contribution in [0.5, 0.6) is 0 Å². The average molecular weight is 447 g/mol. The fraction of sp³-hybridized carbons (Fsp3) is 0.182. The molecule has 1 saturated heterocycles. The van der Waals surface area contributed by atoms with Gasteiger partial charge in [0.15, 0.2) is 28.7 Å². The molecule has 10 nitrogen and oxygen atoms in total. The number of aromatic nitrogens is 5. The Hall–Kier alpha value is -4.41. The number of benzene rings is 1. The van der Waals surface area contributed by atoms with E-state index in [4.69, 9.17) is 5.73 Å². The third-order valence-electron chi connectivity index (χ3n) is 5.56. The number of Topliss-reactive ketones (excluding diaryl/α,β-unsaturated/α-hetero) is 2. The Morgan fingerprint density at radius 3 is 2.67 bits per heavy atom. The molecule has 166 valence electrons. The van der Waals surface area contributed by atoms with Crippen LogP contribution in [-0.2, 0) is 4.79 Å². The number of ketones is 2. The Balaban J connectivity index is 1.78. The molecule has 0 amide bonds. The van der Waals surface area contributed by atoms with Crippen LogP contribution in [0.1, 0.15) is 35.6 Å². The number of hydrogen-bond donors (Lipinski definition) is 1. The maximum absolute atomic E-state index is 14.4. The molecule has 3 aromatic heterocycles. The zero-order chi connectivity index (χ0) is 23.3. The van der Waals surface area contributed by atoms with Gasteiger partial charge in [-0.2, -0.15) is 10.1 Å². The van der Waals surface area contributed by atoms with Crippen LogP contribution in [0.15, 0.2) is 53.6 Å². The van der Waals surface area contributed by atoms with Gasteiger partial charge in [-0.25, -0.2) is 13.9 Å². The van der Waals surface area contributed by atoms with Crippen molar-refractivity contribution in [2.45, 2.75) is 19.4 Å². The van der Waals surface area contributed by atoms with Crippen molar-refractivity contribution in [3.8, 4) is 5.69 Å². The zero-order valence-corrected chi connectivity index (χ0v) is 17.5. The van der Waals surface area contributed by atoms with Gasteiger partial charge in [0.25, 0.3) is 5.56 Å². The second-order valence-corrected chi connectivity index (χ2v) is 7.70. The number of nitrogens with zero attached hydrogens (tertiary/aromatic N) is 6. The fourth-order valence-electron chi connectivity index (χ4n) is 4.09. The molecule has 0 radical (unpaired) electrons. The number of rotatable bonds is 4. The van der Waals surface area contributed by atoms with E-state index >= 15 is 0 Å². The first-order valence-corrected chi connectivity index (χ1v) is 10.1. The summed E-state index contributed by atoms with van der Waals surface area (Å²) in [7, 11) is 0. The van der Waals surface area contributed by atoms with Gasteiger partial charge in [0.05, 0.1) is 23.8 Å². The Bertz CT molecular complexity index is 1480. The number of carbonyl (C=O) groups is 2. The molecule has 11 heteroatoms. The zero-order valence-electron chi connectivity index (χ0n) is 17.5. The van der Waals surface area contributed by atoms with Crippen LogP contribution in [0.25, 0.3) is 11.2 Å². The van der Waals surface area contributed by atoms with Crippen molar-refractivity contribution in [2.75, 3.05) is 17.2 Å². The summed E-state index contributed by atoms with van der Waals surface area (Å²) in [6.45, 7) is 1.29. The molecule has 4 heterocycles. The third-order valence-corrected chi connectivity index (χ3v) is 5.56. The first-order valence-electron chi connectivity index (χ1n) is 10.1. The van der Waals surface area contributed by atoms with E-state index in [1.165, 1.54) is 23.9 Å². The van der Waals surface area contributed by atoms with Gasteiger partial charge in [0.1, 0.15) is 5.82 Å². The third kappa shape index (κ3) is 3.34. The molecule has 0 spiro atoms. The highest BCUT2D eigenvalue weighted by Gasteiger charge is 2.38. The van der Waals surface area contributed by atoms with Gasteiger partial charge < -0.3 is 10.6 Å². The fourth-order valence-corrected chi connectivity index (χ4v) is 4.09. The molecule has 1 aromatic carbocycles. The predicted octanol–water partition coefficient (Wildman–Crippen LogP) is 1.72. The largest absolute Gasteiger partial charge is 0.368 e. The number of nitrogens with two attached hydrogens (primary N) is 1. The second-order valence-electron chi connectivity index (χ2n) is 7.70. The molecule has 0 aliphatic carbocycles. The molecule has 1 fully saturated rings. The number of hydrogen-bond acceptors (Lipinski definition) is 8. The lowest BCUT2D eigenvalue weighted by Gasteiger charge is -2.27. The minimum atomic E-state index is -0.757. The second kappa shape index (κ2) is 7.62. The highest BCUT2D eigenvalue weighted by molar-refractivity contribution is 6.00. The SMILES string of the molecule is CC(=O)c1cnc(N)nc1N1CC(=O)CC1c1nn2ccc(F)c2c(=O)n1-c1ccccc1. The Morgan fingerprint density at radius 1 is 1.18 bits per heavy atom. The molecule has 5 rings (SSSR count). The van der Waals surface area contributed by atoms with Crippen LogP contribution in [0, 0.1) is 5.82 Å². The van der Waals surface area contributed by atoms with Crippen LogP contribution in [-0.4, -0.2) is 42.3 Å². The summed E-state index contributed by atoms with van der Waals surface area (Å²) in [5, 5.41) is 4.51. The molecule has 33 heavy (non-hydrogen) atoms. The number of para-hydroxylation sites is 1. The number of halogens is 1. The van der Waals surface area contributed by atoms with Crippen molar-refractivity contribution in [1.29, 1.82) is 0 Å². The van der Waals surface area contributed by atoms with Crippen molar-refractivity contribution < 1.29 is 14.0 Å². The van der Waals surface area contributed by atoms with Gasteiger partial charge in [-0.1, -0.05) is 18.2 Å². The van der Waals surface area contributed by atoms with Gasteiger partial charge in [-0.3, -0.25) is 19.0 Å². The van der Waals surface area contributed by atoms with E-state index < -0.39 is 17.4 Å². The topological polar surface area (TPSA) is 128 Å². The van der Waals surface area contributed by atoms with Crippen molar-refractivity contribution in [2.24, 2.45) is 0 Å². The number of nitrogen functional groups attached to an aromatic ring is 1. The molecular formula is C22H18FN7O3. The Morgan fingerprint density at radius 2 is 1.94 bits per heavy atom. The summed E-state index contributed by atoms with van der Waals surface area (Å²) in [5.41, 5.74) is 5.58. The number of fused-ring (bicyclic) bond motifs is 1. The van der Waals surface area contributed by atoms with Gasteiger partial charge in [-0.05, 0) is 25.1 Å². The van der Waals surface area contributed by atoms with E-state index in [9.17, 15) is 18.8 Å². The van der Waals surface area contributed by atoms with Crippen LogP contribution in [0.4, 0.5) is 16.2 Å². The van der Waals surface area contributed by atoms with Crippen LogP contribution >= 0.6 is 0 Å². The minimum absolute atomic E-state index is 0.00971. The monoisotopic (exact) mass is 447 g/mol. The van der Waals surface area contributed by atoms with Crippen molar-refractivity contribution in [3.05, 3.63) is 76.4 Å². The van der Waals surface area contributed by atoms with Gasteiger partial charge >= 0.3 is 0 Å². The lowest BCUT2D eigenvalue weighted by atomic mass is 10.1. The molecule has 1 aliphatic heterocycles. The lowest BCUT2D eigenvalue weighted by molar-refractivity contribution is -0.116. The number of carbonyl (C=O) groups excluding carboxylic acids is 2. The van der Waals surface area contributed by atoms with Gasteiger partial charge in [-0.15, -0.1) is 0 Å². The summed E-state index contributed by atoms with van der Waals surface area (Å²) >= 11 is 0. The van der Waals surface area contributed by atoms with Crippen molar-refractivity contribution in [1.82, 2.24) is 24.1 Å². The summed E-state index contributed by atoms with van der Waals surface area (Å²) in [6.07, 6.45) is 2.66. The van der Waals surface area contributed by atoms with Gasteiger partial charge in [0.2, 0.25) is 5.95 Å². The van der Waals surface area contributed by atoms with E-state index in [-0.39, 0.29) is 53.2 Å². The molecule has 1 atom stereocenters. The van der Waals surface area contributed by atoms with Crippen molar-refractivity contribution in [3.63, 3.8) is 0 Å². The summed E-state index contributed by atoms with van der Waals surface area (Å²) in [4.78, 5) is 47.9. The molecule has 0 saturated carbocycles. The maximum Gasteiger partial charge on any atom is 0.285 e. The summed E-state index contributed by atoms with van der Waals surface area (Å²) < 4.78 is 16.8. The quantitative estimate of drug-likeness (QED) is 0.468. The molecule has 0 bridgehead atoms. The first kappa shape index (κ1) is 20.5. The predicted molar refractivity (Wildman–Crippen MR) is 117 cm³/mol. The summed E-state index contributed by atoms with van der Waals surface area (Å²) in [6, 6.07) is 9.03. The highest BCUT2D eigenvalue weighted by atomic mass is 19.1. The van der Waals surface area contributed by atoms with E-state index in [1.807, 2.05) is 0 Å². The van der Waals surface area contributed by atoms with E-state index in [0.717, 1.165) is 10.6 Å². The normalized spacial score (nSPS) is 16.0. The van der Waals surface area contributed by atoms with Gasteiger partial charge in [0, 0.05) is 18.8 Å². The Labute approximate surface area is 186 Å². The molecule has 2 N–H and O–H groups in total. The molecule has 1 aliphatic rings. The average Bonchev–Trinajstić information content (AvgIpc) is 3.36. The standard InChI is InChI=1S/C22H18FN7O3/c1-12(31)15-10-25-22(24)26-19(15)28-11-14(32)9-17(28)20-27-29-8-7-16(23)18(29)21(33)30(20)13-5-3-2-4-6-13/h2-8,10,17H,9,11H2,1H3,(H2,24,25,26). The molecular weight excluding hydrogens is 429 g/mol. The Kier molecular flexibility index (Phi) is 4.73. The smallest absolute Gasteiger partial charge is 0.285 e. The maximum atomic E-state index is 14.4. The minimum Gasteiger partial charge on any atom is -0.368 e. The highest BCUT2D eigenvalue weighted by Crippen LogP contribution is 2.35. The first-order chi connectivity index (χ1) is 15.8. The molecule has 1 unspecified atom stereocenters. The van der Waals surface area contributed by atoms with E-state index in [2.05, 4.69) is 15.1 Å². The van der Waals surface area contributed by atoms with E-state index in [1.54, 1.807) is 35.2 Å². The van der Waals surface area contributed by atoms with Crippen LogP contribution < -0.4 is 16.2 Å². The lowest BCUT2D eigenvalue weighted by Crippen LogP contribution is -2.34. The number of anilines is 2. The van der Waals surface area contributed by atoms with Crippen LogP contribution in [0.2, 0.25) is 0 Å². The molecule has 4 aromatic rings. The van der Waals surface area contributed by atoms with Crippen molar-refractivity contribution >= 4 is 28.8 Å². The van der Waals surface area contributed by atoms with Crippen LogP contribution in [0.3, 0.4) is 0 Å². The van der Waals surface area contributed by atoms with E-state index in [0.29, 0.717) is 5.69 Å².